The highest BCUT2D eigenvalue weighted by atomic mass is 127. The van der Waals surface area contributed by atoms with Crippen LogP contribution in [-0.4, -0.2) is 55.2 Å². The molecule has 1 aliphatic rings. The van der Waals surface area contributed by atoms with Crippen LogP contribution in [-0.2, 0) is 6.54 Å². The molecule has 1 aliphatic heterocycles. The van der Waals surface area contributed by atoms with E-state index in [1.807, 2.05) is 0 Å². The van der Waals surface area contributed by atoms with Crippen molar-refractivity contribution in [1.29, 1.82) is 0 Å². The van der Waals surface area contributed by atoms with Crippen LogP contribution < -0.4 is 16.0 Å². The van der Waals surface area contributed by atoms with Gasteiger partial charge in [-0.1, -0.05) is 29.8 Å². The summed E-state index contributed by atoms with van der Waals surface area (Å²) in [5.74, 6) is 0.949. The van der Waals surface area contributed by atoms with Gasteiger partial charge >= 0.3 is 0 Å². The summed E-state index contributed by atoms with van der Waals surface area (Å²) in [6.07, 6.45) is 2.33. The van der Waals surface area contributed by atoms with Crippen molar-refractivity contribution in [3.8, 4) is 0 Å². The van der Waals surface area contributed by atoms with Crippen molar-refractivity contribution in [2.45, 2.75) is 65.6 Å². The van der Waals surface area contributed by atoms with Gasteiger partial charge < -0.3 is 16.0 Å². The third-order valence-corrected chi connectivity index (χ3v) is 4.80. The van der Waals surface area contributed by atoms with Crippen molar-refractivity contribution in [2.24, 2.45) is 4.99 Å². The minimum atomic E-state index is 0. The van der Waals surface area contributed by atoms with Crippen molar-refractivity contribution in [2.75, 3.05) is 32.7 Å². The Labute approximate surface area is 189 Å². The molecule has 1 fully saturated rings. The van der Waals surface area contributed by atoms with Crippen LogP contribution in [0.2, 0.25) is 0 Å². The zero-order valence-corrected chi connectivity index (χ0v) is 20.7. The molecule has 6 heteroatoms. The molecule has 1 saturated heterocycles. The average molecular weight is 502 g/mol. The topological polar surface area (TPSA) is 51.7 Å². The van der Waals surface area contributed by atoms with Crippen LogP contribution in [0, 0.1) is 6.92 Å². The van der Waals surface area contributed by atoms with Crippen molar-refractivity contribution in [3.63, 3.8) is 0 Å². The van der Waals surface area contributed by atoms with Crippen LogP contribution in [0.1, 0.15) is 51.7 Å². The summed E-state index contributed by atoms with van der Waals surface area (Å²) < 4.78 is 0. The molecule has 1 aromatic carbocycles. The van der Waals surface area contributed by atoms with E-state index in [4.69, 9.17) is 4.99 Å². The molecule has 0 aliphatic carbocycles. The van der Waals surface area contributed by atoms with Gasteiger partial charge in [-0.2, -0.15) is 0 Å². The molecular weight excluding hydrogens is 461 g/mol. The van der Waals surface area contributed by atoms with Crippen LogP contribution in [0.5, 0.6) is 0 Å². The van der Waals surface area contributed by atoms with Crippen LogP contribution in [0.4, 0.5) is 0 Å². The van der Waals surface area contributed by atoms with Crippen molar-refractivity contribution < 1.29 is 0 Å². The molecule has 0 aromatic heterocycles. The standard InChI is InChI=1S/C22H39N5.HI/c1-6-23-21(24-12-13-25-22(3,4)5)26-20-10-14-27(15-11-20)17-19-9-7-8-18(2)16-19;/h7-9,16,20,25H,6,10-15,17H2,1-5H3,(H2,23,24,26);1H. The van der Waals surface area contributed by atoms with E-state index in [0.717, 1.165) is 58.1 Å². The molecule has 2 rings (SSSR count). The number of benzene rings is 1. The van der Waals surface area contributed by atoms with Gasteiger partial charge in [0.05, 0.1) is 6.54 Å². The van der Waals surface area contributed by atoms with E-state index < -0.39 is 0 Å². The lowest BCUT2D eigenvalue weighted by Crippen LogP contribution is -2.48. The molecular formula is C22H40IN5. The van der Waals surface area contributed by atoms with Gasteiger partial charge in [0.1, 0.15) is 0 Å². The van der Waals surface area contributed by atoms with Crippen molar-refractivity contribution in [1.82, 2.24) is 20.9 Å². The third kappa shape index (κ3) is 10.1. The summed E-state index contributed by atoms with van der Waals surface area (Å²) in [6, 6.07) is 9.36. The number of guanidine groups is 1. The van der Waals surface area contributed by atoms with Gasteiger partial charge in [-0.3, -0.25) is 9.89 Å². The Kier molecular flexibility index (Phi) is 11.4. The first-order valence-corrected chi connectivity index (χ1v) is 10.4. The number of likely N-dealkylation sites (tertiary alicyclic amines) is 1. The monoisotopic (exact) mass is 501 g/mol. The SMILES string of the molecule is CCNC(=NCCNC(C)(C)C)NC1CCN(Cc2cccc(C)c2)CC1.I. The summed E-state index contributed by atoms with van der Waals surface area (Å²) in [7, 11) is 0. The van der Waals surface area contributed by atoms with Gasteiger partial charge in [0.25, 0.3) is 0 Å². The zero-order chi connectivity index (χ0) is 19.7. The number of nitrogens with zero attached hydrogens (tertiary/aromatic N) is 2. The smallest absolute Gasteiger partial charge is 0.191 e. The Morgan fingerprint density at radius 3 is 2.54 bits per heavy atom. The number of hydrogen-bond acceptors (Lipinski definition) is 3. The molecule has 5 nitrogen and oxygen atoms in total. The van der Waals surface area contributed by atoms with Crippen LogP contribution >= 0.6 is 24.0 Å². The summed E-state index contributed by atoms with van der Waals surface area (Å²) in [5.41, 5.74) is 2.91. The third-order valence-electron chi connectivity index (χ3n) is 4.80. The van der Waals surface area contributed by atoms with E-state index in [-0.39, 0.29) is 29.5 Å². The van der Waals surface area contributed by atoms with Crippen molar-refractivity contribution >= 4 is 29.9 Å². The van der Waals surface area contributed by atoms with E-state index in [2.05, 4.69) is 79.7 Å². The number of nitrogens with one attached hydrogen (secondary N) is 3. The Bertz CT molecular complexity index is 589. The van der Waals surface area contributed by atoms with Crippen LogP contribution in [0.25, 0.3) is 0 Å². The number of piperidine rings is 1. The highest BCUT2D eigenvalue weighted by Crippen LogP contribution is 2.14. The molecule has 0 saturated carbocycles. The highest BCUT2D eigenvalue weighted by Gasteiger charge is 2.20. The second kappa shape index (κ2) is 12.6. The number of rotatable bonds is 7. The molecule has 0 unspecified atom stereocenters. The van der Waals surface area contributed by atoms with Gasteiger partial charge in [0.15, 0.2) is 5.96 Å². The van der Waals surface area contributed by atoms with Crippen LogP contribution in [0.3, 0.4) is 0 Å². The maximum Gasteiger partial charge on any atom is 0.191 e. The van der Waals surface area contributed by atoms with Gasteiger partial charge in [-0.25, -0.2) is 0 Å². The fraction of sp³-hybridized carbons (Fsp3) is 0.682. The van der Waals surface area contributed by atoms with Crippen LogP contribution in [0.15, 0.2) is 29.3 Å². The van der Waals surface area contributed by atoms with Gasteiger partial charge in [0.2, 0.25) is 0 Å². The van der Waals surface area contributed by atoms with Gasteiger partial charge in [0, 0.05) is 44.3 Å². The Hall–Kier alpha value is -0.860. The fourth-order valence-electron chi connectivity index (χ4n) is 3.42. The average Bonchev–Trinajstić information content (AvgIpc) is 2.60. The van der Waals surface area contributed by atoms with E-state index in [1.165, 1.54) is 11.1 Å². The van der Waals surface area contributed by atoms with E-state index in [1.54, 1.807) is 0 Å². The maximum atomic E-state index is 4.73. The predicted molar refractivity (Wildman–Crippen MR) is 132 cm³/mol. The normalized spacial score (nSPS) is 16.5. The first kappa shape index (κ1) is 25.2. The van der Waals surface area contributed by atoms with E-state index >= 15 is 0 Å². The summed E-state index contributed by atoms with van der Waals surface area (Å²) in [5, 5.41) is 10.5. The Balaban J connectivity index is 0.00000392. The Morgan fingerprint density at radius 1 is 1.21 bits per heavy atom. The largest absolute Gasteiger partial charge is 0.357 e. The second-order valence-electron chi connectivity index (χ2n) is 8.62. The molecule has 1 heterocycles. The van der Waals surface area contributed by atoms with Crippen molar-refractivity contribution in [3.05, 3.63) is 35.4 Å². The summed E-state index contributed by atoms with van der Waals surface area (Å²) >= 11 is 0. The number of aliphatic imine (C=N–C) groups is 1. The molecule has 0 radical (unpaired) electrons. The lowest BCUT2D eigenvalue weighted by molar-refractivity contribution is 0.198. The quantitative estimate of drug-likeness (QED) is 0.232. The maximum absolute atomic E-state index is 4.73. The molecule has 0 amide bonds. The number of halogens is 1. The second-order valence-corrected chi connectivity index (χ2v) is 8.62. The van der Waals surface area contributed by atoms with E-state index in [9.17, 15) is 0 Å². The minimum absolute atomic E-state index is 0. The Morgan fingerprint density at radius 2 is 1.93 bits per heavy atom. The molecule has 0 bridgehead atoms. The first-order chi connectivity index (χ1) is 12.9. The molecule has 28 heavy (non-hydrogen) atoms. The number of aryl methyl sites for hydroxylation is 1. The molecule has 160 valence electrons. The zero-order valence-electron chi connectivity index (χ0n) is 18.3. The lowest BCUT2D eigenvalue weighted by atomic mass is 10.0. The molecule has 3 N–H and O–H groups in total. The van der Waals surface area contributed by atoms with Gasteiger partial charge in [-0.15, -0.1) is 24.0 Å². The first-order valence-electron chi connectivity index (χ1n) is 10.4. The lowest BCUT2D eigenvalue weighted by Gasteiger charge is -2.33. The van der Waals surface area contributed by atoms with Gasteiger partial charge in [-0.05, 0) is 53.0 Å². The predicted octanol–water partition coefficient (Wildman–Crippen LogP) is 3.52. The fourth-order valence-corrected chi connectivity index (χ4v) is 3.42. The molecule has 0 atom stereocenters. The molecule has 0 spiro atoms. The van der Waals surface area contributed by atoms with E-state index in [0.29, 0.717) is 6.04 Å². The molecule has 1 aromatic rings. The summed E-state index contributed by atoms with van der Waals surface area (Å²) in [6.45, 7) is 16.8. The number of hydrogen-bond donors (Lipinski definition) is 3. The minimum Gasteiger partial charge on any atom is -0.357 e. The summed E-state index contributed by atoms with van der Waals surface area (Å²) in [4.78, 5) is 7.29. The highest BCUT2D eigenvalue weighted by molar-refractivity contribution is 14.0.